The van der Waals surface area contributed by atoms with Crippen molar-refractivity contribution >= 4 is 5.69 Å². The molecule has 0 amide bonds. The highest BCUT2D eigenvalue weighted by atomic mass is 16.6. The summed E-state index contributed by atoms with van der Waals surface area (Å²) in [6.07, 6.45) is 0. The van der Waals surface area contributed by atoms with Crippen LogP contribution in [0.4, 0.5) is 5.69 Å². The number of ether oxygens (including phenoxy) is 1. The topological polar surface area (TPSA) is 64.4 Å². The molecule has 80 valence electrons. The molecule has 0 radical (unpaired) electrons. The summed E-state index contributed by atoms with van der Waals surface area (Å²) in [5, 5.41) is 13.9. The van der Waals surface area contributed by atoms with Crippen molar-refractivity contribution in [3.63, 3.8) is 0 Å². The van der Waals surface area contributed by atoms with Crippen molar-refractivity contribution in [2.24, 2.45) is 0 Å². The minimum Gasteiger partial charge on any atom is -0.378 e. The lowest BCUT2D eigenvalue weighted by molar-refractivity contribution is -0.385. The molecule has 15 heavy (non-hydrogen) atoms. The van der Waals surface area contributed by atoms with Crippen molar-refractivity contribution in [2.75, 3.05) is 13.2 Å². The average molecular weight is 208 g/mol. The smallest absolute Gasteiger partial charge is 0.273 e. The first kappa shape index (κ1) is 10.1. The quantitative estimate of drug-likeness (QED) is 0.594. The average Bonchev–Trinajstić information content (AvgIpc) is 2.16. The fourth-order valence-electron chi connectivity index (χ4n) is 1.45. The first-order valence-corrected chi connectivity index (χ1v) is 4.81. The van der Waals surface area contributed by atoms with E-state index in [1.807, 2.05) is 0 Å². The van der Waals surface area contributed by atoms with E-state index in [9.17, 15) is 10.1 Å². The zero-order valence-electron chi connectivity index (χ0n) is 8.18. The van der Waals surface area contributed by atoms with Crippen LogP contribution in [0.25, 0.3) is 0 Å². The lowest BCUT2D eigenvalue weighted by atomic mass is 10.1. The summed E-state index contributed by atoms with van der Waals surface area (Å²) in [6, 6.07) is 7.11. The number of nitrogens with zero attached hydrogens (tertiary/aromatic N) is 1. The first-order valence-electron chi connectivity index (χ1n) is 4.81. The van der Waals surface area contributed by atoms with E-state index >= 15 is 0 Å². The number of nitrogens with one attached hydrogen (secondary N) is 1. The van der Waals surface area contributed by atoms with Gasteiger partial charge in [0.1, 0.15) is 0 Å². The Morgan fingerprint density at radius 1 is 1.47 bits per heavy atom. The molecule has 5 nitrogen and oxygen atoms in total. The highest BCUT2D eigenvalue weighted by Crippen LogP contribution is 2.17. The van der Waals surface area contributed by atoms with Gasteiger partial charge in [0.05, 0.1) is 24.2 Å². The maximum absolute atomic E-state index is 10.7. The number of para-hydroxylation sites is 1. The van der Waals surface area contributed by atoms with Crippen LogP contribution < -0.4 is 5.32 Å². The normalized spacial score (nSPS) is 16.0. The van der Waals surface area contributed by atoms with Gasteiger partial charge in [0, 0.05) is 18.2 Å². The molecule has 0 bridgehead atoms. The molecule has 0 aliphatic carbocycles. The number of benzene rings is 1. The Bertz CT molecular complexity index is 363. The van der Waals surface area contributed by atoms with Crippen LogP contribution in [-0.2, 0) is 11.3 Å². The standard InChI is InChI=1S/C10H12N2O3/c13-12(14)10-4-2-1-3-8(10)5-11-9-6-15-7-9/h1-4,9,11H,5-7H2. The zero-order valence-corrected chi connectivity index (χ0v) is 8.18. The number of nitro groups is 1. The molecule has 1 fully saturated rings. The number of hydrogen-bond donors (Lipinski definition) is 1. The molecule has 5 heteroatoms. The van der Waals surface area contributed by atoms with E-state index in [4.69, 9.17) is 4.74 Å². The fraction of sp³-hybridized carbons (Fsp3) is 0.400. The molecular formula is C10H12N2O3. The third kappa shape index (κ3) is 2.31. The van der Waals surface area contributed by atoms with Gasteiger partial charge in [-0.3, -0.25) is 10.1 Å². The third-order valence-corrected chi connectivity index (χ3v) is 2.41. The summed E-state index contributed by atoms with van der Waals surface area (Å²) in [5.41, 5.74) is 0.889. The van der Waals surface area contributed by atoms with Gasteiger partial charge in [-0.2, -0.15) is 0 Å². The second kappa shape index (κ2) is 4.37. The van der Waals surface area contributed by atoms with Crippen LogP contribution in [0.3, 0.4) is 0 Å². The molecule has 1 heterocycles. The SMILES string of the molecule is O=[N+]([O-])c1ccccc1CNC1COC1. The molecule has 1 aromatic carbocycles. The monoisotopic (exact) mass is 208 g/mol. The Hall–Kier alpha value is -1.46. The van der Waals surface area contributed by atoms with Gasteiger partial charge in [-0.1, -0.05) is 18.2 Å². The van der Waals surface area contributed by atoms with Gasteiger partial charge in [-0.15, -0.1) is 0 Å². The summed E-state index contributed by atoms with van der Waals surface area (Å²) in [7, 11) is 0. The molecule has 0 spiro atoms. The van der Waals surface area contributed by atoms with Crippen molar-refractivity contribution in [3.8, 4) is 0 Å². The van der Waals surface area contributed by atoms with Crippen LogP contribution in [-0.4, -0.2) is 24.2 Å². The highest BCUT2D eigenvalue weighted by molar-refractivity contribution is 5.39. The van der Waals surface area contributed by atoms with Gasteiger partial charge in [0.15, 0.2) is 0 Å². The van der Waals surface area contributed by atoms with Gasteiger partial charge >= 0.3 is 0 Å². The minimum atomic E-state index is -0.353. The van der Waals surface area contributed by atoms with E-state index < -0.39 is 0 Å². The van der Waals surface area contributed by atoms with E-state index in [0.29, 0.717) is 25.8 Å². The molecule has 1 aliphatic rings. The van der Waals surface area contributed by atoms with Crippen molar-refractivity contribution < 1.29 is 9.66 Å². The summed E-state index contributed by atoms with van der Waals surface area (Å²) in [4.78, 5) is 10.4. The van der Waals surface area contributed by atoms with E-state index in [2.05, 4.69) is 5.32 Å². The molecule has 1 aromatic rings. The number of nitro benzene ring substituents is 1. The summed E-state index contributed by atoms with van der Waals surface area (Å²) in [6.45, 7) is 1.91. The number of hydrogen-bond acceptors (Lipinski definition) is 4. The zero-order chi connectivity index (χ0) is 10.7. The van der Waals surface area contributed by atoms with E-state index in [0.717, 1.165) is 5.56 Å². The predicted octanol–water partition coefficient (Wildman–Crippen LogP) is 1.08. The first-order chi connectivity index (χ1) is 7.27. The van der Waals surface area contributed by atoms with Crippen molar-refractivity contribution in [1.82, 2.24) is 5.32 Å². The Morgan fingerprint density at radius 2 is 2.20 bits per heavy atom. The van der Waals surface area contributed by atoms with Crippen LogP contribution >= 0.6 is 0 Å². The molecule has 1 N–H and O–H groups in total. The summed E-state index contributed by atoms with van der Waals surface area (Å²) < 4.78 is 5.00. The van der Waals surface area contributed by atoms with Gasteiger partial charge in [-0.25, -0.2) is 0 Å². The Balaban J connectivity index is 2.02. The van der Waals surface area contributed by atoms with E-state index in [1.54, 1.807) is 18.2 Å². The highest BCUT2D eigenvalue weighted by Gasteiger charge is 2.19. The molecule has 0 unspecified atom stereocenters. The third-order valence-electron chi connectivity index (χ3n) is 2.41. The molecule has 1 aliphatic heterocycles. The van der Waals surface area contributed by atoms with E-state index in [-0.39, 0.29) is 10.6 Å². The maximum atomic E-state index is 10.7. The van der Waals surface area contributed by atoms with Crippen LogP contribution in [0.1, 0.15) is 5.56 Å². The Labute approximate surface area is 87.2 Å². The molecule has 2 rings (SSSR count). The largest absolute Gasteiger partial charge is 0.378 e. The predicted molar refractivity (Wildman–Crippen MR) is 54.5 cm³/mol. The Kier molecular flexibility index (Phi) is 2.94. The molecular weight excluding hydrogens is 196 g/mol. The minimum absolute atomic E-state index is 0.172. The number of rotatable bonds is 4. The molecule has 1 saturated heterocycles. The van der Waals surface area contributed by atoms with Crippen molar-refractivity contribution in [2.45, 2.75) is 12.6 Å². The van der Waals surface area contributed by atoms with Crippen LogP contribution in [0.15, 0.2) is 24.3 Å². The Morgan fingerprint density at radius 3 is 2.80 bits per heavy atom. The van der Waals surface area contributed by atoms with Crippen molar-refractivity contribution in [3.05, 3.63) is 39.9 Å². The second-order valence-corrected chi connectivity index (χ2v) is 3.50. The van der Waals surface area contributed by atoms with E-state index in [1.165, 1.54) is 6.07 Å². The van der Waals surface area contributed by atoms with Crippen LogP contribution in [0.5, 0.6) is 0 Å². The summed E-state index contributed by atoms with van der Waals surface area (Å²) in [5.74, 6) is 0. The summed E-state index contributed by atoms with van der Waals surface area (Å²) >= 11 is 0. The second-order valence-electron chi connectivity index (χ2n) is 3.50. The van der Waals surface area contributed by atoms with Gasteiger partial charge in [-0.05, 0) is 0 Å². The van der Waals surface area contributed by atoms with Crippen LogP contribution in [0.2, 0.25) is 0 Å². The maximum Gasteiger partial charge on any atom is 0.273 e. The lowest BCUT2D eigenvalue weighted by Gasteiger charge is -2.26. The lowest BCUT2D eigenvalue weighted by Crippen LogP contribution is -2.45. The van der Waals surface area contributed by atoms with Gasteiger partial charge in [0.25, 0.3) is 5.69 Å². The van der Waals surface area contributed by atoms with Gasteiger partial charge in [0.2, 0.25) is 0 Å². The molecule has 0 aromatic heterocycles. The van der Waals surface area contributed by atoms with Gasteiger partial charge < -0.3 is 10.1 Å². The molecule has 0 saturated carbocycles. The van der Waals surface area contributed by atoms with Crippen LogP contribution in [0, 0.1) is 10.1 Å². The molecule has 0 atom stereocenters. The fourth-order valence-corrected chi connectivity index (χ4v) is 1.45. The van der Waals surface area contributed by atoms with Crippen molar-refractivity contribution in [1.29, 1.82) is 0 Å².